The lowest BCUT2D eigenvalue weighted by Crippen LogP contribution is -2.31. The second-order valence-electron chi connectivity index (χ2n) is 6.21. The predicted molar refractivity (Wildman–Crippen MR) is 111 cm³/mol. The molecule has 2 aromatic carbocycles. The summed E-state index contributed by atoms with van der Waals surface area (Å²) in [6, 6.07) is 13.6. The molecule has 3 rings (SSSR count). The zero-order valence-corrected chi connectivity index (χ0v) is 17.0. The Balaban J connectivity index is 1.99. The smallest absolute Gasteiger partial charge is 0.413 e. The number of benzene rings is 2. The Morgan fingerprint density at radius 2 is 1.93 bits per heavy atom. The number of nitrogens with zero attached hydrogens (tertiary/aromatic N) is 2. The van der Waals surface area contributed by atoms with Crippen LogP contribution in [0, 0.1) is 0 Å². The molecule has 0 aliphatic carbocycles. The van der Waals surface area contributed by atoms with Gasteiger partial charge in [-0.05, 0) is 30.7 Å². The first-order valence-electron chi connectivity index (χ1n) is 9.17. The lowest BCUT2D eigenvalue weighted by Gasteiger charge is -2.11. The number of hydrogen-bond donors (Lipinski definition) is 2. The molecule has 152 valence electrons. The summed E-state index contributed by atoms with van der Waals surface area (Å²) in [5, 5.41) is 5.26. The molecule has 2 amide bonds. The Labute approximate surface area is 171 Å². The number of carbonyl (C=O) groups is 2. The van der Waals surface area contributed by atoms with Crippen LogP contribution in [0.15, 0.2) is 58.3 Å². The largest absolute Gasteiger partial charge is 0.606 e. The van der Waals surface area contributed by atoms with E-state index in [0.717, 1.165) is 12.8 Å². The van der Waals surface area contributed by atoms with E-state index in [0.29, 0.717) is 27.4 Å². The zero-order valence-electron chi connectivity index (χ0n) is 16.2. The van der Waals surface area contributed by atoms with E-state index in [-0.39, 0.29) is 5.95 Å². The minimum atomic E-state index is -1.39. The van der Waals surface area contributed by atoms with Crippen LogP contribution in [0.25, 0.3) is 11.0 Å². The van der Waals surface area contributed by atoms with Crippen LogP contribution in [-0.2, 0) is 15.9 Å². The lowest BCUT2D eigenvalue weighted by molar-refractivity contribution is 0.186. The van der Waals surface area contributed by atoms with E-state index in [1.807, 2.05) is 25.1 Å². The van der Waals surface area contributed by atoms with Gasteiger partial charge in [0, 0.05) is 23.8 Å². The number of methoxy groups -OCH3 is 1. The first kappa shape index (κ1) is 20.7. The fraction of sp³-hybridized carbons (Fsp3) is 0.250. The molecule has 0 spiro atoms. The standard InChI is InChI=1S/C20H22N4O4S/c1-3-4-12-21-19(25)24-17-11-10-15(29(27)14-8-6-5-7-9-14)13-16(17)22-18(24)23-20(26)28-2/h5-11,13H,3-4,12H2,1-2H3,(H,21,25)(H,22,23,26). The van der Waals surface area contributed by atoms with E-state index >= 15 is 0 Å². The van der Waals surface area contributed by atoms with Gasteiger partial charge in [-0.1, -0.05) is 31.5 Å². The van der Waals surface area contributed by atoms with Gasteiger partial charge >= 0.3 is 12.1 Å². The van der Waals surface area contributed by atoms with Gasteiger partial charge in [0.1, 0.15) is 0 Å². The van der Waals surface area contributed by atoms with Crippen molar-refractivity contribution in [1.29, 1.82) is 0 Å². The van der Waals surface area contributed by atoms with Crippen LogP contribution in [0.5, 0.6) is 0 Å². The van der Waals surface area contributed by atoms with Gasteiger partial charge in [0.25, 0.3) is 0 Å². The number of ether oxygens (including phenoxy) is 1. The van der Waals surface area contributed by atoms with Gasteiger partial charge in [0.05, 0.1) is 18.1 Å². The predicted octanol–water partition coefficient (Wildman–Crippen LogP) is 3.74. The second kappa shape index (κ2) is 9.44. The highest BCUT2D eigenvalue weighted by molar-refractivity contribution is 7.91. The summed E-state index contributed by atoms with van der Waals surface area (Å²) in [5.74, 6) is 0.0310. The van der Waals surface area contributed by atoms with E-state index in [4.69, 9.17) is 0 Å². The van der Waals surface area contributed by atoms with E-state index in [2.05, 4.69) is 20.4 Å². The number of nitrogens with one attached hydrogen (secondary N) is 2. The number of unbranched alkanes of at least 4 members (excludes halogenated alkanes) is 1. The molecule has 0 radical (unpaired) electrons. The van der Waals surface area contributed by atoms with Crippen LogP contribution in [0.4, 0.5) is 15.5 Å². The molecule has 0 saturated carbocycles. The van der Waals surface area contributed by atoms with Crippen molar-refractivity contribution < 1.29 is 18.9 Å². The molecule has 1 aromatic heterocycles. The summed E-state index contributed by atoms with van der Waals surface area (Å²) in [6.45, 7) is 2.53. The highest BCUT2D eigenvalue weighted by Crippen LogP contribution is 2.26. The molecule has 3 aromatic rings. The summed E-state index contributed by atoms with van der Waals surface area (Å²) in [5.41, 5.74) is 0.919. The number of aromatic nitrogens is 2. The highest BCUT2D eigenvalue weighted by atomic mass is 32.2. The van der Waals surface area contributed by atoms with Crippen molar-refractivity contribution in [1.82, 2.24) is 14.9 Å². The molecule has 9 heteroatoms. The minimum Gasteiger partial charge on any atom is -0.606 e. The average Bonchev–Trinajstić information content (AvgIpc) is 3.10. The van der Waals surface area contributed by atoms with E-state index in [9.17, 15) is 14.1 Å². The van der Waals surface area contributed by atoms with Gasteiger partial charge in [-0.15, -0.1) is 0 Å². The fourth-order valence-electron chi connectivity index (χ4n) is 2.74. The van der Waals surface area contributed by atoms with E-state index < -0.39 is 23.3 Å². The molecule has 0 aliphatic heterocycles. The maximum Gasteiger partial charge on any atom is 0.413 e. The molecule has 29 heavy (non-hydrogen) atoms. The van der Waals surface area contributed by atoms with Crippen molar-refractivity contribution >= 4 is 40.3 Å². The van der Waals surface area contributed by atoms with Gasteiger partial charge < -0.3 is 14.6 Å². The first-order chi connectivity index (χ1) is 14.0. The molecule has 2 N–H and O–H groups in total. The van der Waals surface area contributed by atoms with Crippen LogP contribution >= 0.6 is 0 Å². The SMILES string of the molecule is CCCCNC(=O)n1c(NC(=O)OC)nc2cc([S+]([O-])c3ccccc3)ccc21. The maximum absolute atomic E-state index is 12.8. The van der Waals surface area contributed by atoms with Gasteiger partial charge in [0.2, 0.25) is 5.95 Å². The second-order valence-corrected chi connectivity index (χ2v) is 7.69. The monoisotopic (exact) mass is 414 g/mol. The van der Waals surface area contributed by atoms with Crippen LogP contribution < -0.4 is 10.6 Å². The summed E-state index contributed by atoms with van der Waals surface area (Å²) >= 11 is -1.39. The third-order valence-corrected chi connectivity index (χ3v) is 5.59. The Morgan fingerprint density at radius 1 is 1.17 bits per heavy atom. The third-order valence-electron chi connectivity index (χ3n) is 4.21. The van der Waals surface area contributed by atoms with Gasteiger partial charge in [0.15, 0.2) is 9.79 Å². The third kappa shape index (κ3) is 4.69. The molecule has 1 unspecified atom stereocenters. The molecule has 0 bridgehead atoms. The number of carbonyl (C=O) groups excluding carboxylic acids is 2. The topological polar surface area (TPSA) is 108 Å². The molecular weight excluding hydrogens is 392 g/mol. The van der Waals surface area contributed by atoms with Gasteiger partial charge in [-0.2, -0.15) is 0 Å². The number of rotatable bonds is 6. The summed E-state index contributed by atoms with van der Waals surface area (Å²) in [7, 11) is 1.23. The van der Waals surface area contributed by atoms with Crippen LogP contribution in [0.2, 0.25) is 0 Å². The molecule has 0 aliphatic rings. The van der Waals surface area contributed by atoms with Crippen LogP contribution in [-0.4, -0.2) is 39.9 Å². The normalized spacial score (nSPS) is 11.8. The maximum atomic E-state index is 12.8. The number of fused-ring (bicyclic) bond motifs is 1. The molecule has 0 saturated heterocycles. The molecular formula is C20H22N4O4S. The molecule has 8 nitrogen and oxygen atoms in total. The molecule has 1 atom stereocenters. The Morgan fingerprint density at radius 3 is 2.62 bits per heavy atom. The highest BCUT2D eigenvalue weighted by Gasteiger charge is 2.22. The summed E-state index contributed by atoms with van der Waals surface area (Å²) in [4.78, 5) is 29.9. The number of anilines is 1. The number of amides is 2. The average molecular weight is 414 g/mol. The number of imidazole rings is 1. The van der Waals surface area contributed by atoms with Crippen molar-refractivity contribution in [3.05, 3.63) is 48.5 Å². The minimum absolute atomic E-state index is 0.0310. The Kier molecular flexibility index (Phi) is 6.73. The zero-order chi connectivity index (χ0) is 20.8. The van der Waals surface area contributed by atoms with Crippen molar-refractivity contribution in [2.45, 2.75) is 29.6 Å². The Bertz CT molecular complexity index is 1010. The van der Waals surface area contributed by atoms with Gasteiger partial charge in [-0.3, -0.25) is 5.32 Å². The fourth-order valence-corrected chi connectivity index (χ4v) is 3.83. The number of hydrogen-bond acceptors (Lipinski definition) is 5. The van der Waals surface area contributed by atoms with Gasteiger partial charge in [-0.25, -0.2) is 19.1 Å². The van der Waals surface area contributed by atoms with Crippen LogP contribution in [0.3, 0.4) is 0 Å². The van der Waals surface area contributed by atoms with Crippen molar-refractivity contribution in [3.8, 4) is 0 Å². The molecule has 0 fully saturated rings. The van der Waals surface area contributed by atoms with Crippen molar-refractivity contribution in [2.24, 2.45) is 0 Å². The summed E-state index contributed by atoms with van der Waals surface area (Å²) in [6.07, 6.45) is 1.03. The first-order valence-corrected chi connectivity index (χ1v) is 10.3. The quantitative estimate of drug-likeness (QED) is 0.472. The van der Waals surface area contributed by atoms with Crippen molar-refractivity contribution in [3.63, 3.8) is 0 Å². The van der Waals surface area contributed by atoms with E-state index in [1.54, 1.807) is 30.3 Å². The van der Waals surface area contributed by atoms with Crippen molar-refractivity contribution in [2.75, 3.05) is 19.0 Å². The summed E-state index contributed by atoms with van der Waals surface area (Å²) < 4.78 is 18.7. The van der Waals surface area contributed by atoms with Crippen LogP contribution in [0.1, 0.15) is 19.8 Å². The van der Waals surface area contributed by atoms with E-state index in [1.165, 1.54) is 11.7 Å². The lowest BCUT2D eigenvalue weighted by atomic mass is 10.3. The Hall–Kier alpha value is -3.04. The molecule has 1 heterocycles.